The molecule has 0 aliphatic carbocycles. The van der Waals surface area contributed by atoms with Crippen molar-refractivity contribution in [3.05, 3.63) is 27.4 Å². The van der Waals surface area contributed by atoms with Crippen molar-refractivity contribution >= 4 is 35.7 Å². The Morgan fingerprint density at radius 1 is 1.24 bits per heavy atom. The first-order valence-electron chi connectivity index (χ1n) is 7.47. The van der Waals surface area contributed by atoms with E-state index < -0.39 is 60.1 Å². The number of aliphatic hydroxyl groups is 1. The standard InChI is InChI=1S/C10H17N2O13P3S/c1-5-8(13)6(23-9(5)12-3-2-7(29)11-10(12)14)4-22-27(18,19)25-28(20,21)24-26(15,16)17/h2-3,5-6,8-9,13H,4H2,1H3,(H,18,19)(H,20,21)(H,11,14,29)(H2,15,16,17)/p-4/t5?,6-,8-,9-/m1/s1. The third kappa shape index (κ3) is 6.97. The van der Waals surface area contributed by atoms with Gasteiger partial charge in [-0.1, -0.05) is 19.1 Å². The zero-order chi connectivity index (χ0) is 22.2. The number of rotatable bonds is 8. The Bertz CT molecular complexity index is 1000. The minimum Gasteiger partial charge on any atom is -0.790 e. The number of ether oxygens (including phenoxy) is 1. The number of aromatic amines is 1. The Balaban J connectivity index is 2.06. The lowest BCUT2D eigenvalue weighted by Crippen LogP contribution is -2.31. The molecule has 2 N–H and O–H groups in total. The van der Waals surface area contributed by atoms with Crippen LogP contribution in [0.4, 0.5) is 0 Å². The van der Waals surface area contributed by atoms with Crippen LogP contribution in [0.1, 0.15) is 13.2 Å². The summed E-state index contributed by atoms with van der Waals surface area (Å²) in [6, 6.07) is 1.37. The molecule has 1 aromatic rings. The smallest absolute Gasteiger partial charge is 0.328 e. The van der Waals surface area contributed by atoms with E-state index in [1.54, 1.807) is 0 Å². The van der Waals surface area contributed by atoms with Gasteiger partial charge in [-0.15, -0.1) is 0 Å². The molecule has 0 aromatic carbocycles. The highest BCUT2D eigenvalue weighted by atomic mass is 32.1. The first kappa shape index (κ1) is 24.7. The molecule has 1 saturated heterocycles. The van der Waals surface area contributed by atoms with E-state index in [1.165, 1.54) is 19.2 Å². The second kappa shape index (κ2) is 8.89. The fraction of sp³-hybridized carbons (Fsp3) is 0.600. The number of hydrogen-bond acceptors (Lipinski definition) is 14. The van der Waals surface area contributed by atoms with Crippen molar-refractivity contribution < 1.29 is 56.3 Å². The second-order valence-electron chi connectivity index (χ2n) is 5.73. The van der Waals surface area contributed by atoms with Crippen LogP contribution in [0.15, 0.2) is 17.1 Å². The van der Waals surface area contributed by atoms with Gasteiger partial charge in [0.2, 0.25) is 0 Å². The molecule has 1 aromatic heterocycles. The molecule has 3 unspecified atom stereocenters. The number of phosphoric ester groups is 1. The second-order valence-corrected chi connectivity index (χ2v) is 10.4. The number of aromatic nitrogens is 2. The van der Waals surface area contributed by atoms with Crippen LogP contribution in [0.3, 0.4) is 0 Å². The summed E-state index contributed by atoms with van der Waals surface area (Å²) in [5.74, 6) is -0.738. The SMILES string of the molecule is CC1[C@@H](O)[C@@H](COP(=O)([O-])OP(=O)([O-])OP(=O)([O-])[O-])O[C@H]1n1ccc(=S)[nH]c1=O. The van der Waals surface area contributed by atoms with E-state index in [9.17, 15) is 43.2 Å². The fourth-order valence-corrected chi connectivity index (χ4v) is 5.44. The molecule has 2 rings (SSSR count). The van der Waals surface area contributed by atoms with Gasteiger partial charge < -0.3 is 38.5 Å². The summed E-state index contributed by atoms with van der Waals surface area (Å²) >= 11 is 4.79. The molecule has 0 bridgehead atoms. The largest absolute Gasteiger partial charge is 0.790 e. The Kier molecular flexibility index (Phi) is 7.57. The van der Waals surface area contributed by atoms with Crippen molar-refractivity contribution in [2.75, 3.05) is 6.61 Å². The maximum atomic E-state index is 12.0. The van der Waals surface area contributed by atoms with E-state index in [0.29, 0.717) is 0 Å². The topological polar surface area (TPSA) is 238 Å². The predicted molar refractivity (Wildman–Crippen MR) is 85.9 cm³/mol. The zero-order valence-corrected chi connectivity index (χ0v) is 17.7. The molecule has 0 spiro atoms. The summed E-state index contributed by atoms with van der Waals surface area (Å²) in [4.78, 5) is 57.5. The van der Waals surface area contributed by atoms with Gasteiger partial charge in [0, 0.05) is 12.1 Å². The molecule has 2 heterocycles. The van der Waals surface area contributed by atoms with Gasteiger partial charge in [-0.2, -0.15) is 0 Å². The third-order valence-corrected chi connectivity index (χ3v) is 7.51. The molecule has 0 saturated carbocycles. The molecule has 166 valence electrons. The first-order chi connectivity index (χ1) is 13.1. The van der Waals surface area contributed by atoms with Gasteiger partial charge in [0.1, 0.15) is 17.0 Å². The molecular weight excluding hydrogens is 481 g/mol. The summed E-state index contributed by atoms with van der Waals surface area (Å²) in [5.41, 5.74) is -0.662. The Labute approximate surface area is 167 Å². The van der Waals surface area contributed by atoms with Crippen LogP contribution in [-0.2, 0) is 31.6 Å². The normalized spacial score (nSPS) is 29.3. The van der Waals surface area contributed by atoms with E-state index in [0.717, 1.165) is 4.57 Å². The fourth-order valence-electron chi connectivity index (χ4n) is 2.42. The van der Waals surface area contributed by atoms with E-state index in [-0.39, 0.29) is 4.64 Å². The van der Waals surface area contributed by atoms with Crippen LogP contribution < -0.4 is 25.3 Å². The van der Waals surface area contributed by atoms with Crippen LogP contribution in [0.25, 0.3) is 0 Å². The van der Waals surface area contributed by atoms with E-state index >= 15 is 0 Å². The quantitative estimate of drug-likeness (QED) is 0.283. The molecule has 6 atom stereocenters. The number of aliphatic hydroxyl groups excluding tert-OH is 1. The monoisotopic (exact) mass is 494 g/mol. The van der Waals surface area contributed by atoms with Gasteiger partial charge in [-0.25, -0.2) is 9.11 Å². The number of nitrogens with one attached hydrogen (secondary N) is 1. The lowest BCUT2D eigenvalue weighted by Gasteiger charge is -2.37. The predicted octanol–water partition coefficient (Wildman–Crippen LogP) is -2.38. The number of phosphoric acid groups is 3. The molecule has 0 amide bonds. The lowest BCUT2D eigenvalue weighted by molar-refractivity contribution is -0.339. The minimum absolute atomic E-state index is 0.145. The molecule has 1 aliphatic rings. The van der Waals surface area contributed by atoms with Crippen LogP contribution in [0, 0.1) is 10.6 Å². The summed E-state index contributed by atoms with van der Waals surface area (Å²) in [6.45, 7) is 0.517. The van der Waals surface area contributed by atoms with E-state index in [4.69, 9.17) is 17.0 Å². The van der Waals surface area contributed by atoms with Crippen LogP contribution in [0.5, 0.6) is 0 Å². The van der Waals surface area contributed by atoms with E-state index in [1.807, 2.05) is 0 Å². The van der Waals surface area contributed by atoms with Crippen molar-refractivity contribution in [2.45, 2.75) is 25.4 Å². The number of H-pyrrole nitrogens is 1. The van der Waals surface area contributed by atoms with Gasteiger partial charge in [-0.3, -0.25) is 23.0 Å². The highest BCUT2D eigenvalue weighted by molar-refractivity contribution is 7.71. The van der Waals surface area contributed by atoms with Crippen molar-refractivity contribution in [2.24, 2.45) is 5.92 Å². The highest BCUT2D eigenvalue weighted by Crippen LogP contribution is 2.60. The van der Waals surface area contributed by atoms with Crippen molar-refractivity contribution in [1.82, 2.24) is 9.55 Å². The van der Waals surface area contributed by atoms with Crippen molar-refractivity contribution in [1.29, 1.82) is 0 Å². The molecule has 1 aliphatic heterocycles. The van der Waals surface area contributed by atoms with Crippen molar-refractivity contribution in [3.63, 3.8) is 0 Å². The molecular formula is C10H13N2O13P3S-4. The molecule has 15 nitrogen and oxygen atoms in total. The highest BCUT2D eigenvalue weighted by Gasteiger charge is 2.43. The Morgan fingerprint density at radius 2 is 1.86 bits per heavy atom. The summed E-state index contributed by atoms with van der Waals surface area (Å²) in [6.07, 6.45) is -2.47. The van der Waals surface area contributed by atoms with Crippen LogP contribution in [0.2, 0.25) is 0 Å². The van der Waals surface area contributed by atoms with Crippen molar-refractivity contribution in [3.8, 4) is 0 Å². The lowest BCUT2D eigenvalue weighted by atomic mass is 10.0. The third-order valence-electron chi connectivity index (χ3n) is 3.61. The maximum absolute atomic E-state index is 12.0. The van der Waals surface area contributed by atoms with Gasteiger partial charge in [0.05, 0.1) is 20.5 Å². The average molecular weight is 494 g/mol. The molecule has 0 radical (unpaired) electrons. The molecule has 1 fully saturated rings. The van der Waals surface area contributed by atoms with Gasteiger partial charge in [0.25, 0.3) is 15.6 Å². The average Bonchev–Trinajstić information content (AvgIpc) is 2.78. The molecule has 29 heavy (non-hydrogen) atoms. The van der Waals surface area contributed by atoms with Gasteiger partial charge >= 0.3 is 5.69 Å². The van der Waals surface area contributed by atoms with E-state index in [2.05, 4.69) is 18.1 Å². The Hall–Kier alpha value is -0.570. The number of hydrogen-bond donors (Lipinski definition) is 2. The zero-order valence-electron chi connectivity index (χ0n) is 14.2. The van der Waals surface area contributed by atoms with Crippen LogP contribution in [-0.4, -0.2) is 33.5 Å². The minimum atomic E-state index is -6.11. The van der Waals surface area contributed by atoms with Crippen LogP contribution >= 0.6 is 35.7 Å². The summed E-state index contributed by atoms with van der Waals surface area (Å²) in [7, 11) is -17.9. The van der Waals surface area contributed by atoms with Gasteiger partial charge in [0.15, 0.2) is 0 Å². The summed E-state index contributed by atoms with van der Waals surface area (Å²) in [5, 5.41) is 10.2. The maximum Gasteiger partial charge on any atom is 0.328 e. The molecule has 19 heteroatoms. The van der Waals surface area contributed by atoms with Gasteiger partial charge in [-0.05, 0) is 6.07 Å². The Morgan fingerprint density at radius 3 is 2.41 bits per heavy atom. The first-order valence-corrected chi connectivity index (χ1v) is 12.3. The summed E-state index contributed by atoms with van der Waals surface area (Å²) < 4.78 is 50.2. The number of nitrogens with zero attached hydrogens (tertiary/aromatic N) is 1.